The largest absolute Gasteiger partial charge is 0.729 e. The molecule has 1 heterocycles. The van der Waals surface area contributed by atoms with Gasteiger partial charge in [0.05, 0.1) is 11.8 Å². The van der Waals surface area contributed by atoms with Gasteiger partial charge in [0.1, 0.15) is 4.90 Å². The second-order valence-corrected chi connectivity index (χ2v) is 6.01. The van der Waals surface area contributed by atoms with Crippen molar-refractivity contribution in [2.75, 3.05) is 7.11 Å². The normalized spacial score (nSPS) is 12.8. The first-order valence-electron chi connectivity index (χ1n) is 4.20. The minimum absolute atomic E-state index is 0.0273. The molecule has 1 aromatic heterocycles. The first-order valence-corrected chi connectivity index (χ1v) is 7.58. The summed E-state index contributed by atoms with van der Waals surface area (Å²) in [6, 6.07) is 1.40. The third-order valence-electron chi connectivity index (χ3n) is 1.62. The Morgan fingerprint density at radius 1 is 1.50 bits per heavy atom. The molecule has 0 amide bonds. The standard InChI is InChI=1S/C7H10O6PS2/c1-3-6-7(4-5-15-6)16(9,10)13-12-14(8)11-2/h4-5H,3H2,1-2H3/q+1. The molecule has 16 heavy (non-hydrogen) atoms. The Hall–Kier alpha value is -0.370. The Kier molecular flexibility index (Phi) is 4.97. The van der Waals surface area contributed by atoms with Crippen molar-refractivity contribution >= 4 is 29.7 Å². The summed E-state index contributed by atoms with van der Waals surface area (Å²) in [6.07, 6.45) is 0.562. The summed E-state index contributed by atoms with van der Waals surface area (Å²) in [7, 11) is -5.51. The Morgan fingerprint density at radius 3 is 2.75 bits per heavy atom. The monoisotopic (exact) mass is 285 g/mol. The molecule has 0 saturated heterocycles. The van der Waals surface area contributed by atoms with Crippen molar-refractivity contribution < 1.29 is 26.5 Å². The number of thiophene rings is 1. The lowest BCUT2D eigenvalue weighted by atomic mass is 10.4. The summed E-state index contributed by atoms with van der Waals surface area (Å²) in [6.45, 7) is 1.82. The summed E-state index contributed by atoms with van der Waals surface area (Å²) in [5, 5.41) is 1.63. The molecule has 0 aliphatic heterocycles. The zero-order valence-corrected chi connectivity index (χ0v) is 11.1. The quantitative estimate of drug-likeness (QED) is 0.453. The molecule has 0 aromatic carbocycles. The highest BCUT2D eigenvalue weighted by atomic mass is 32.2. The third kappa shape index (κ3) is 3.31. The van der Waals surface area contributed by atoms with E-state index in [-0.39, 0.29) is 4.90 Å². The van der Waals surface area contributed by atoms with Gasteiger partial charge in [-0.25, -0.2) is 0 Å². The third-order valence-corrected chi connectivity index (χ3v) is 4.58. The fraction of sp³-hybridized carbons (Fsp3) is 0.429. The first-order chi connectivity index (χ1) is 7.51. The van der Waals surface area contributed by atoms with Gasteiger partial charge in [0, 0.05) is 9.44 Å². The van der Waals surface area contributed by atoms with Gasteiger partial charge in [-0.3, -0.25) is 0 Å². The SMILES string of the molecule is CCc1sccc1S(=O)(=O)OO[P+](=O)OC. The second-order valence-electron chi connectivity index (χ2n) is 2.56. The Bertz CT molecular complexity index is 465. The molecule has 0 radical (unpaired) electrons. The highest BCUT2D eigenvalue weighted by Gasteiger charge is 2.28. The Labute approximate surface area is 98.1 Å². The van der Waals surface area contributed by atoms with Gasteiger partial charge in [-0.15, -0.1) is 15.9 Å². The highest BCUT2D eigenvalue weighted by molar-refractivity contribution is 7.87. The van der Waals surface area contributed by atoms with E-state index < -0.39 is 18.4 Å². The molecule has 90 valence electrons. The van der Waals surface area contributed by atoms with E-state index in [2.05, 4.69) is 13.5 Å². The number of hydrogen-bond acceptors (Lipinski definition) is 7. The number of hydrogen-bond donors (Lipinski definition) is 0. The maximum absolute atomic E-state index is 11.6. The Balaban J connectivity index is 2.82. The number of aryl methyl sites for hydroxylation is 1. The fourth-order valence-corrected chi connectivity index (χ4v) is 3.51. The lowest BCUT2D eigenvalue weighted by Crippen LogP contribution is -2.05. The van der Waals surface area contributed by atoms with E-state index in [1.807, 2.05) is 6.92 Å². The van der Waals surface area contributed by atoms with Gasteiger partial charge in [-0.2, -0.15) is 8.42 Å². The maximum atomic E-state index is 11.6. The van der Waals surface area contributed by atoms with Gasteiger partial charge in [0.2, 0.25) is 0 Å². The molecule has 0 spiro atoms. The van der Waals surface area contributed by atoms with Crippen LogP contribution in [-0.2, 0) is 34.6 Å². The van der Waals surface area contributed by atoms with Crippen molar-refractivity contribution in [3.63, 3.8) is 0 Å². The smallest absolute Gasteiger partial charge is 0.191 e. The van der Waals surface area contributed by atoms with Gasteiger partial charge in [-0.05, 0) is 17.9 Å². The van der Waals surface area contributed by atoms with Crippen LogP contribution in [0.15, 0.2) is 16.3 Å². The summed E-state index contributed by atoms with van der Waals surface area (Å²) in [5.41, 5.74) is 0. The van der Waals surface area contributed by atoms with E-state index >= 15 is 0 Å². The van der Waals surface area contributed by atoms with Crippen LogP contribution in [0, 0.1) is 0 Å². The van der Waals surface area contributed by atoms with Crippen molar-refractivity contribution in [2.45, 2.75) is 18.2 Å². The van der Waals surface area contributed by atoms with Gasteiger partial charge in [0.15, 0.2) is 0 Å². The van der Waals surface area contributed by atoms with E-state index in [1.165, 1.54) is 17.4 Å². The van der Waals surface area contributed by atoms with Crippen LogP contribution >= 0.6 is 19.6 Å². The molecule has 1 aromatic rings. The van der Waals surface area contributed by atoms with Crippen LogP contribution in [0.2, 0.25) is 0 Å². The van der Waals surface area contributed by atoms with E-state index in [0.717, 1.165) is 7.11 Å². The molecule has 0 N–H and O–H groups in total. The van der Waals surface area contributed by atoms with E-state index in [4.69, 9.17) is 0 Å². The minimum Gasteiger partial charge on any atom is -0.191 e. The Morgan fingerprint density at radius 2 is 2.19 bits per heavy atom. The lowest BCUT2D eigenvalue weighted by Gasteiger charge is -1.98. The molecule has 0 bridgehead atoms. The lowest BCUT2D eigenvalue weighted by molar-refractivity contribution is -0.0962. The van der Waals surface area contributed by atoms with Crippen LogP contribution in [0.5, 0.6) is 0 Å². The van der Waals surface area contributed by atoms with Crippen LogP contribution < -0.4 is 0 Å². The van der Waals surface area contributed by atoms with Gasteiger partial charge in [-0.1, -0.05) is 11.3 Å². The summed E-state index contributed by atoms with van der Waals surface area (Å²) < 4.78 is 46.3. The molecular weight excluding hydrogens is 275 g/mol. The molecule has 9 heteroatoms. The average Bonchev–Trinajstić information content (AvgIpc) is 2.74. The van der Waals surface area contributed by atoms with Crippen molar-refractivity contribution in [1.82, 2.24) is 0 Å². The predicted octanol–water partition coefficient (Wildman–Crippen LogP) is 2.25. The van der Waals surface area contributed by atoms with Gasteiger partial charge < -0.3 is 0 Å². The van der Waals surface area contributed by atoms with Crippen molar-refractivity contribution in [1.29, 1.82) is 0 Å². The summed E-state index contributed by atoms with van der Waals surface area (Å²) in [4.78, 5) is 0.677. The van der Waals surface area contributed by atoms with Crippen molar-refractivity contribution in [3.8, 4) is 0 Å². The molecular formula is C7H10O6PS2+. The molecule has 1 unspecified atom stereocenters. The van der Waals surface area contributed by atoms with Crippen molar-refractivity contribution in [2.24, 2.45) is 0 Å². The first kappa shape index (κ1) is 13.7. The van der Waals surface area contributed by atoms with Crippen LogP contribution in [0.4, 0.5) is 0 Å². The van der Waals surface area contributed by atoms with E-state index in [0.29, 0.717) is 11.3 Å². The topological polar surface area (TPSA) is 78.9 Å². The molecule has 6 nitrogen and oxygen atoms in total. The van der Waals surface area contributed by atoms with Crippen LogP contribution in [0.1, 0.15) is 11.8 Å². The zero-order chi connectivity index (χ0) is 12.2. The molecule has 0 saturated carbocycles. The number of rotatable bonds is 6. The predicted molar refractivity (Wildman–Crippen MR) is 57.7 cm³/mol. The van der Waals surface area contributed by atoms with Crippen LogP contribution in [0.3, 0.4) is 0 Å². The molecule has 1 rings (SSSR count). The zero-order valence-electron chi connectivity index (χ0n) is 8.58. The average molecular weight is 285 g/mol. The van der Waals surface area contributed by atoms with E-state index in [1.54, 1.807) is 5.38 Å². The molecule has 0 aliphatic carbocycles. The highest BCUT2D eigenvalue weighted by Crippen LogP contribution is 2.28. The maximum Gasteiger partial charge on any atom is 0.729 e. The van der Waals surface area contributed by atoms with Gasteiger partial charge >= 0.3 is 18.4 Å². The van der Waals surface area contributed by atoms with Crippen LogP contribution in [0.25, 0.3) is 0 Å². The summed E-state index contributed by atoms with van der Waals surface area (Å²) in [5.74, 6) is 0. The van der Waals surface area contributed by atoms with Crippen molar-refractivity contribution in [3.05, 3.63) is 16.3 Å². The fourth-order valence-electron chi connectivity index (χ4n) is 0.941. The van der Waals surface area contributed by atoms with E-state index in [9.17, 15) is 13.0 Å². The second kappa shape index (κ2) is 5.81. The summed E-state index contributed by atoms with van der Waals surface area (Å²) >= 11 is 1.30. The van der Waals surface area contributed by atoms with Crippen LogP contribution in [-0.4, -0.2) is 15.5 Å². The minimum atomic E-state index is -4.04. The molecule has 0 aliphatic rings. The molecule has 1 atom stereocenters. The molecule has 0 fully saturated rings. The van der Waals surface area contributed by atoms with Gasteiger partial charge in [0.25, 0.3) is 0 Å².